The first-order chi connectivity index (χ1) is 14.0. The number of rotatable bonds is 7. The maximum absolute atomic E-state index is 13.3. The fourth-order valence-corrected chi connectivity index (χ4v) is 5.22. The van der Waals surface area contributed by atoms with Gasteiger partial charge in [-0.2, -0.15) is 0 Å². The van der Waals surface area contributed by atoms with E-state index in [2.05, 4.69) is 15.6 Å². The van der Waals surface area contributed by atoms with Crippen molar-refractivity contribution in [2.75, 3.05) is 13.7 Å². The summed E-state index contributed by atoms with van der Waals surface area (Å²) in [7, 11) is -2.22. The number of ether oxygens (including phenoxy) is 1. The zero-order chi connectivity index (χ0) is 20.7. The SMILES string of the molecule is COc1ccc(S(=O)(=O)C(CNC(=O)NC2CCCCC2)c2cccnc2)cc1. The predicted octanol–water partition coefficient (Wildman–Crippen LogP) is 3.24. The average Bonchev–Trinajstić information content (AvgIpc) is 2.75. The summed E-state index contributed by atoms with van der Waals surface area (Å²) in [5.41, 5.74) is 0.529. The Morgan fingerprint density at radius 2 is 1.90 bits per heavy atom. The van der Waals surface area contributed by atoms with Crippen LogP contribution < -0.4 is 15.4 Å². The van der Waals surface area contributed by atoms with E-state index in [1.165, 1.54) is 31.9 Å². The van der Waals surface area contributed by atoms with Gasteiger partial charge in [-0.05, 0) is 48.7 Å². The van der Waals surface area contributed by atoms with Crippen LogP contribution in [0, 0.1) is 0 Å². The van der Waals surface area contributed by atoms with E-state index in [1.807, 2.05) is 0 Å². The van der Waals surface area contributed by atoms with Crippen molar-refractivity contribution < 1.29 is 17.9 Å². The number of amides is 2. The van der Waals surface area contributed by atoms with Gasteiger partial charge in [-0.25, -0.2) is 13.2 Å². The van der Waals surface area contributed by atoms with Gasteiger partial charge in [-0.3, -0.25) is 4.98 Å². The molecule has 2 amide bonds. The highest BCUT2D eigenvalue weighted by molar-refractivity contribution is 7.91. The lowest BCUT2D eigenvalue weighted by Crippen LogP contribution is -2.44. The number of pyridine rings is 1. The lowest BCUT2D eigenvalue weighted by atomic mass is 9.96. The molecule has 0 bridgehead atoms. The Bertz CT molecular complexity index is 895. The maximum atomic E-state index is 13.3. The molecule has 1 aromatic heterocycles. The third-order valence-corrected chi connectivity index (χ3v) is 7.32. The Hall–Kier alpha value is -2.61. The number of hydrogen-bond donors (Lipinski definition) is 2. The first kappa shape index (κ1) is 21.1. The number of carbonyl (C=O) groups excluding carboxylic acids is 1. The minimum absolute atomic E-state index is 0.0430. The van der Waals surface area contributed by atoms with Gasteiger partial charge in [0.15, 0.2) is 9.84 Å². The first-order valence-electron chi connectivity index (χ1n) is 9.83. The summed E-state index contributed by atoms with van der Waals surface area (Å²) in [5.74, 6) is 0.576. The molecule has 1 unspecified atom stereocenters. The van der Waals surface area contributed by atoms with Crippen molar-refractivity contribution in [2.24, 2.45) is 0 Å². The van der Waals surface area contributed by atoms with Gasteiger partial charge in [-0.1, -0.05) is 25.3 Å². The summed E-state index contributed by atoms with van der Waals surface area (Å²) in [6, 6.07) is 9.45. The highest BCUT2D eigenvalue weighted by atomic mass is 32.2. The number of benzene rings is 1. The number of nitrogens with one attached hydrogen (secondary N) is 2. The van der Waals surface area contributed by atoms with Gasteiger partial charge in [0.1, 0.15) is 11.0 Å². The van der Waals surface area contributed by atoms with Crippen LogP contribution in [0.15, 0.2) is 53.7 Å². The van der Waals surface area contributed by atoms with E-state index in [4.69, 9.17) is 4.74 Å². The van der Waals surface area contributed by atoms with Gasteiger partial charge in [-0.15, -0.1) is 0 Å². The molecule has 1 aliphatic rings. The summed E-state index contributed by atoms with van der Waals surface area (Å²) in [6.07, 6.45) is 8.44. The molecule has 1 heterocycles. The summed E-state index contributed by atoms with van der Waals surface area (Å²) < 4.78 is 31.7. The van der Waals surface area contributed by atoms with Crippen molar-refractivity contribution in [3.63, 3.8) is 0 Å². The third kappa shape index (κ3) is 5.47. The zero-order valence-electron chi connectivity index (χ0n) is 16.5. The van der Waals surface area contributed by atoms with Gasteiger partial charge in [0, 0.05) is 25.0 Å². The molecule has 0 saturated heterocycles. The second kappa shape index (κ2) is 9.73. The quantitative estimate of drug-likeness (QED) is 0.721. The highest BCUT2D eigenvalue weighted by Crippen LogP contribution is 2.29. The van der Waals surface area contributed by atoms with Gasteiger partial charge in [0.2, 0.25) is 0 Å². The van der Waals surface area contributed by atoms with Gasteiger partial charge < -0.3 is 15.4 Å². The van der Waals surface area contributed by atoms with Crippen molar-refractivity contribution in [1.82, 2.24) is 15.6 Å². The maximum Gasteiger partial charge on any atom is 0.315 e. The Kier molecular flexibility index (Phi) is 7.09. The van der Waals surface area contributed by atoms with E-state index < -0.39 is 15.1 Å². The smallest absolute Gasteiger partial charge is 0.315 e. The standard InChI is InChI=1S/C21H27N3O4S/c1-28-18-9-11-19(12-10-18)29(26,27)20(16-6-5-13-22-14-16)15-23-21(25)24-17-7-3-2-4-8-17/h5-6,9-14,17,20H,2-4,7-8,15H2,1H3,(H2,23,24,25). The van der Waals surface area contributed by atoms with Crippen molar-refractivity contribution >= 4 is 15.9 Å². The second-order valence-corrected chi connectivity index (χ2v) is 9.32. The number of nitrogens with zero attached hydrogens (tertiary/aromatic N) is 1. The molecule has 1 fully saturated rings. The molecule has 0 aliphatic heterocycles. The van der Waals surface area contributed by atoms with Crippen LogP contribution >= 0.6 is 0 Å². The molecule has 7 nitrogen and oxygen atoms in total. The number of aromatic nitrogens is 1. The predicted molar refractivity (Wildman–Crippen MR) is 111 cm³/mol. The monoisotopic (exact) mass is 417 g/mol. The molecule has 156 valence electrons. The molecular weight excluding hydrogens is 390 g/mol. The van der Waals surface area contributed by atoms with Crippen LogP contribution in [0.2, 0.25) is 0 Å². The average molecular weight is 418 g/mol. The van der Waals surface area contributed by atoms with Crippen molar-refractivity contribution in [3.05, 3.63) is 54.4 Å². The Morgan fingerprint density at radius 1 is 1.17 bits per heavy atom. The highest BCUT2D eigenvalue weighted by Gasteiger charge is 2.30. The van der Waals surface area contributed by atoms with Crippen LogP contribution in [0.5, 0.6) is 5.75 Å². The molecule has 2 N–H and O–H groups in total. The summed E-state index contributed by atoms with van der Waals surface area (Å²) in [4.78, 5) is 16.6. The molecule has 1 aromatic carbocycles. The molecule has 8 heteroatoms. The van der Waals surface area contributed by atoms with Gasteiger partial charge in [0.05, 0.1) is 12.0 Å². The molecule has 1 saturated carbocycles. The molecule has 29 heavy (non-hydrogen) atoms. The number of hydrogen-bond acceptors (Lipinski definition) is 5. The molecule has 1 atom stereocenters. The lowest BCUT2D eigenvalue weighted by Gasteiger charge is -2.24. The molecular formula is C21H27N3O4S. The van der Waals surface area contributed by atoms with Crippen LogP contribution in [-0.2, 0) is 9.84 Å². The van der Waals surface area contributed by atoms with Crippen molar-refractivity contribution in [2.45, 2.75) is 48.3 Å². The van der Waals surface area contributed by atoms with Crippen LogP contribution in [0.4, 0.5) is 4.79 Å². The van der Waals surface area contributed by atoms with Crippen molar-refractivity contribution in [1.29, 1.82) is 0 Å². The fourth-order valence-electron chi connectivity index (χ4n) is 3.57. The van der Waals surface area contributed by atoms with Gasteiger partial charge in [0.25, 0.3) is 0 Å². The van der Waals surface area contributed by atoms with E-state index in [-0.39, 0.29) is 23.5 Å². The van der Waals surface area contributed by atoms with E-state index in [0.717, 1.165) is 25.7 Å². The molecule has 0 radical (unpaired) electrons. The molecule has 2 aromatic rings. The van der Waals surface area contributed by atoms with Crippen LogP contribution in [0.3, 0.4) is 0 Å². The minimum Gasteiger partial charge on any atom is -0.497 e. The number of methoxy groups -OCH3 is 1. The van der Waals surface area contributed by atoms with E-state index in [9.17, 15) is 13.2 Å². The summed E-state index contributed by atoms with van der Waals surface area (Å²) in [6.45, 7) is -0.0430. The number of sulfone groups is 1. The Morgan fingerprint density at radius 3 is 2.52 bits per heavy atom. The number of urea groups is 1. The lowest BCUT2D eigenvalue weighted by molar-refractivity contribution is 0.232. The minimum atomic E-state index is -3.75. The normalized spacial score (nSPS) is 16.0. The first-order valence-corrected chi connectivity index (χ1v) is 11.4. The molecule has 0 spiro atoms. The van der Waals surface area contributed by atoms with Crippen LogP contribution in [-0.4, -0.2) is 39.1 Å². The van der Waals surface area contributed by atoms with Crippen molar-refractivity contribution in [3.8, 4) is 5.75 Å². The third-order valence-electron chi connectivity index (χ3n) is 5.21. The van der Waals surface area contributed by atoms with E-state index >= 15 is 0 Å². The Labute approximate surface area is 171 Å². The largest absolute Gasteiger partial charge is 0.497 e. The fraction of sp³-hybridized carbons (Fsp3) is 0.429. The zero-order valence-corrected chi connectivity index (χ0v) is 17.3. The van der Waals surface area contributed by atoms with Gasteiger partial charge >= 0.3 is 6.03 Å². The van der Waals surface area contributed by atoms with E-state index in [0.29, 0.717) is 11.3 Å². The Balaban J connectivity index is 1.76. The number of carbonyl (C=O) groups is 1. The summed E-state index contributed by atoms with van der Waals surface area (Å²) in [5, 5.41) is 4.76. The molecule has 1 aliphatic carbocycles. The van der Waals surface area contributed by atoms with E-state index in [1.54, 1.807) is 30.5 Å². The summed E-state index contributed by atoms with van der Waals surface area (Å²) >= 11 is 0. The second-order valence-electron chi connectivity index (χ2n) is 7.18. The van der Waals surface area contributed by atoms with Crippen LogP contribution in [0.1, 0.15) is 42.9 Å². The molecule has 3 rings (SSSR count). The topological polar surface area (TPSA) is 97.4 Å². The van der Waals surface area contributed by atoms with Crippen LogP contribution in [0.25, 0.3) is 0 Å².